The number of hydrogen-bond donors (Lipinski definition) is 1. The Hall–Kier alpha value is -0.120. The smallest absolute Gasteiger partial charge is 0.119 e. The summed E-state index contributed by atoms with van der Waals surface area (Å²) in [5.74, 6) is 0.600. The van der Waals surface area contributed by atoms with E-state index in [0.717, 1.165) is 5.01 Å². The number of aliphatic hydroxyl groups excluding tert-OH is 1. The maximum absolute atomic E-state index is 8.93. The maximum atomic E-state index is 8.93. The highest BCUT2D eigenvalue weighted by Gasteiger charge is 2.21. The van der Waals surface area contributed by atoms with E-state index in [-0.39, 0.29) is 6.61 Å². The molecule has 0 unspecified atom stereocenters. The van der Waals surface area contributed by atoms with Crippen LogP contribution in [0.1, 0.15) is 42.3 Å². The van der Waals surface area contributed by atoms with Crippen LogP contribution in [0.3, 0.4) is 0 Å². The Morgan fingerprint density at radius 2 is 2.15 bits per heavy atom. The third kappa shape index (κ3) is 1.87. The lowest BCUT2D eigenvalue weighted by molar-refractivity contribution is 0.277. The Morgan fingerprint density at radius 1 is 1.46 bits per heavy atom. The fourth-order valence-corrected chi connectivity index (χ4v) is 3.10. The average Bonchev–Trinajstić information content (AvgIpc) is 2.71. The second kappa shape index (κ2) is 3.95. The van der Waals surface area contributed by atoms with E-state index < -0.39 is 0 Å². The summed E-state index contributed by atoms with van der Waals surface area (Å²) in [4.78, 5) is 4.35. The molecular formula is C9H12ClNOS. The first-order valence-electron chi connectivity index (χ1n) is 4.57. The molecule has 1 aromatic rings. The van der Waals surface area contributed by atoms with Gasteiger partial charge < -0.3 is 5.11 Å². The normalized spacial score (nSPS) is 18.3. The van der Waals surface area contributed by atoms with E-state index in [1.807, 2.05) is 0 Å². The molecule has 0 atom stereocenters. The fraction of sp³-hybridized carbons (Fsp3) is 0.667. The molecule has 1 aliphatic rings. The molecule has 1 aliphatic carbocycles. The molecule has 1 N–H and O–H groups in total. The van der Waals surface area contributed by atoms with Gasteiger partial charge in [-0.05, 0) is 12.8 Å². The fourth-order valence-electron chi connectivity index (χ4n) is 1.80. The first-order chi connectivity index (χ1) is 6.31. The zero-order valence-electron chi connectivity index (χ0n) is 7.29. The molecule has 2 nitrogen and oxygen atoms in total. The molecule has 2 rings (SSSR count). The van der Waals surface area contributed by atoms with E-state index in [1.165, 1.54) is 37.0 Å². The number of thiazole rings is 1. The lowest BCUT2D eigenvalue weighted by Crippen LogP contribution is -1.92. The first kappa shape index (κ1) is 9.44. The number of hydrogen-bond acceptors (Lipinski definition) is 3. The zero-order valence-corrected chi connectivity index (χ0v) is 8.87. The van der Waals surface area contributed by atoms with Gasteiger partial charge in [0.2, 0.25) is 0 Å². The van der Waals surface area contributed by atoms with E-state index in [9.17, 15) is 0 Å². The van der Waals surface area contributed by atoms with Crippen molar-refractivity contribution in [2.24, 2.45) is 0 Å². The molecule has 72 valence electrons. The van der Waals surface area contributed by atoms with Crippen LogP contribution in [0, 0.1) is 0 Å². The van der Waals surface area contributed by atoms with Crippen LogP contribution in [-0.4, -0.2) is 10.1 Å². The summed E-state index contributed by atoms with van der Waals surface area (Å²) in [5, 5.41) is 10.1. The number of aliphatic hydroxyl groups is 1. The Labute approximate surface area is 86.6 Å². The predicted octanol–water partition coefficient (Wildman–Crippen LogP) is 2.95. The van der Waals surface area contributed by atoms with Crippen molar-refractivity contribution in [3.63, 3.8) is 0 Å². The average molecular weight is 218 g/mol. The number of rotatable bonds is 2. The lowest BCUT2D eigenvalue weighted by Gasteiger charge is -2.01. The van der Waals surface area contributed by atoms with Crippen molar-refractivity contribution < 1.29 is 5.11 Å². The summed E-state index contributed by atoms with van der Waals surface area (Å²) in [7, 11) is 0. The molecule has 1 aromatic heterocycles. The summed E-state index contributed by atoms with van der Waals surface area (Å²) in [6, 6.07) is 0. The number of halogens is 1. The highest BCUT2D eigenvalue weighted by Crippen LogP contribution is 2.38. The van der Waals surface area contributed by atoms with Gasteiger partial charge in [0.05, 0.1) is 17.3 Å². The summed E-state index contributed by atoms with van der Waals surface area (Å²) in [6.45, 7) is -0.0396. The van der Waals surface area contributed by atoms with Crippen molar-refractivity contribution in [2.75, 3.05) is 0 Å². The van der Waals surface area contributed by atoms with E-state index in [4.69, 9.17) is 16.7 Å². The monoisotopic (exact) mass is 217 g/mol. The van der Waals surface area contributed by atoms with Crippen LogP contribution in [0.25, 0.3) is 0 Å². The topological polar surface area (TPSA) is 33.1 Å². The molecule has 0 aromatic carbocycles. The van der Waals surface area contributed by atoms with Crippen LogP contribution < -0.4 is 0 Å². The largest absolute Gasteiger partial charge is 0.390 e. The summed E-state index contributed by atoms with van der Waals surface area (Å²) in [6.07, 6.45) is 5.07. The highest BCUT2D eigenvalue weighted by molar-refractivity contribution is 7.16. The SMILES string of the molecule is OCc1nc(C2CCCC2)sc1Cl. The first-order valence-corrected chi connectivity index (χ1v) is 5.76. The molecule has 0 spiro atoms. The number of aromatic nitrogens is 1. The second-order valence-electron chi connectivity index (χ2n) is 3.41. The minimum absolute atomic E-state index is 0.0396. The van der Waals surface area contributed by atoms with E-state index in [2.05, 4.69) is 4.98 Å². The molecule has 13 heavy (non-hydrogen) atoms. The van der Waals surface area contributed by atoms with Crippen LogP contribution in [-0.2, 0) is 6.61 Å². The van der Waals surface area contributed by atoms with Gasteiger partial charge in [-0.15, -0.1) is 11.3 Å². The third-order valence-electron chi connectivity index (χ3n) is 2.52. The summed E-state index contributed by atoms with van der Waals surface area (Å²) >= 11 is 7.45. The second-order valence-corrected chi connectivity index (χ2v) is 5.04. The predicted molar refractivity (Wildman–Crippen MR) is 54.3 cm³/mol. The molecule has 4 heteroatoms. The van der Waals surface area contributed by atoms with Crippen LogP contribution in [0.2, 0.25) is 4.34 Å². The van der Waals surface area contributed by atoms with Gasteiger partial charge >= 0.3 is 0 Å². The van der Waals surface area contributed by atoms with E-state index in [0.29, 0.717) is 15.9 Å². The van der Waals surface area contributed by atoms with Crippen molar-refractivity contribution in [3.8, 4) is 0 Å². The van der Waals surface area contributed by atoms with Gasteiger partial charge in [-0.2, -0.15) is 0 Å². The molecule has 0 amide bonds. The molecule has 1 saturated carbocycles. The van der Waals surface area contributed by atoms with Crippen molar-refractivity contribution >= 4 is 22.9 Å². The Bertz CT molecular complexity index is 294. The van der Waals surface area contributed by atoms with Crippen LogP contribution >= 0.6 is 22.9 Å². The molecule has 0 aliphatic heterocycles. The molecular weight excluding hydrogens is 206 g/mol. The zero-order chi connectivity index (χ0) is 9.26. The van der Waals surface area contributed by atoms with Gasteiger partial charge in [0, 0.05) is 5.92 Å². The minimum Gasteiger partial charge on any atom is -0.390 e. The van der Waals surface area contributed by atoms with Crippen molar-refractivity contribution in [3.05, 3.63) is 15.0 Å². The summed E-state index contributed by atoms with van der Waals surface area (Å²) in [5.41, 5.74) is 0.647. The van der Waals surface area contributed by atoms with Crippen molar-refractivity contribution in [2.45, 2.75) is 38.2 Å². The van der Waals surface area contributed by atoms with Gasteiger partial charge in [-0.1, -0.05) is 24.4 Å². The third-order valence-corrected chi connectivity index (χ3v) is 4.02. The van der Waals surface area contributed by atoms with E-state index >= 15 is 0 Å². The quantitative estimate of drug-likeness (QED) is 0.827. The van der Waals surface area contributed by atoms with Crippen molar-refractivity contribution in [1.82, 2.24) is 4.98 Å². The molecule has 0 radical (unpaired) electrons. The molecule has 1 heterocycles. The Balaban J connectivity index is 2.20. The van der Waals surface area contributed by atoms with E-state index in [1.54, 1.807) is 0 Å². The molecule has 1 fully saturated rings. The number of nitrogens with zero attached hydrogens (tertiary/aromatic N) is 1. The van der Waals surface area contributed by atoms with Crippen LogP contribution in [0.15, 0.2) is 0 Å². The van der Waals surface area contributed by atoms with Gasteiger partial charge in [0.1, 0.15) is 4.34 Å². The van der Waals surface area contributed by atoms with Crippen molar-refractivity contribution in [1.29, 1.82) is 0 Å². The molecule has 0 saturated heterocycles. The Kier molecular flexibility index (Phi) is 2.86. The lowest BCUT2D eigenvalue weighted by atomic mass is 10.1. The summed E-state index contributed by atoms with van der Waals surface area (Å²) < 4.78 is 0.657. The maximum Gasteiger partial charge on any atom is 0.119 e. The van der Waals surface area contributed by atoms with Gasteiger partial charge in [0.25, 0.3) is 0 Å². The highest BCUT2D eigenvalue weighted by atomic mass is 35.5. The minimum atomic E-state index is -0.0396. The van der Waals surface area contributed by atoms with Crippen LogP contribution in [0.4, 0.5) is 0 Å². The van der Waals surface area contributed by atoms with Gasteiger partial charge in [0.15, 0.2) is 0 Å². The molecule has 0 bridgehead atoms. The standard InChI is InChI=1S/C9H12ClNOS/c10-8-7(5-12)11-9(13-8)6-3-1-2-4-6/h6,12H,1-5H2. The van der Waals surface area contributed by atoms with Gasteiger partial charge in [-0.3, -0.25) is 0 Å². The Morgan fingerprint density at radius 3 is 2.69 bits per heavy atom. The van der Waals surface area contributed by atoms with Crippen LogP contribution in [0.5, 0.6) is 0 Å². The van der Waals surface area contributed by atoms with Gasteiger partial charge in [-0.25, -0.2) is 4.98 Å².